The number of furan rings is 1. The summed E-state index contributed by atoms with van der Waals surface area (Å²) in [5, 5.41) is 16.6. The average molecular weight is 468 g/mol. The predicted octanol–water partition coefficient (Wildman–Crippen LogP) is 3.70. The van der Waals surface area contributed by atoms with Crippen molar-refractivity contribution in [3.8, 4) is 5.75 Å². The lowest BCUT2D eigenvalue weighted by Gasteiger charge is -2.29. The Bertz CT molecular complexity index is 1150. The molecular weight excluding hydrogens is 442 g/mol. The van der Waals surface area contributed by atoms with Gasteiger partial charge in [-0.25, -0.2) is 12.7 Å². The number of nitrogens with zero attached hydrogens (tertiary/aromatic N) is 3. The van der Waals surface area contributed by atoms with Crippen LogP contribution in [-0.4, -0.2) is 45.2 Å². The van der Waals surface area contributed by atoms with Gasteiger partial charge in [0.05, 0.1) is 18.0 Å². The molecule has 0 saturated heterocycles. The summed E-state index contributed by atoms with van der Waals surface area (Å²) in [5.74, 6) is 0.493. The van der Waals surface area contributed by atoms with Gasteiger partial charge in [0, 0.05) is 22.8 Å². The second-order valence-electron chi connectivity index (χ2n) is 8.13. The third kappa shape index (κ3) is 4.82. The molecule has 2 atom stereocenters. The van der Waals surface area contributed by atoms with E-state index in [-0.39, 0.29) is 33.7 Å². The molecule has 3 aromatic rings. The predicted molar refractivity (Wildman–Crippen MR) is 117 cm³/mol. The van der Waals surface area contributed by atoms with Crippen LogP contribution in [0.5, 0.6) is 5.75 Å². The Morgan fingerprint density at radius 3 is 2.42 bits per heavy atom. The normalized spacial score (nSPS) is 14.0. The minimum Gasteiger partial charge on any atom is -0.546 e. The Labute approximate surface area is 184 Å². The fourth-order valence-electron chi connectivity index (χ4n) is 2.90. The van der Waals surface area contributed by atoms with Crippen LogP contribution in [0.2, 0.25) is 0 Å². The first-order valence-corrected chi connectivity index (χ1v) is 11.8. The van der Waals surface area contributed by atoms with Gasteiger partial charge in [0.2, 0.25) is 21.7 Å². The molecule has 168 valence electrons. The van der Waals surface area contributed by atoms with Gasteiger partial charge in [-0.2, -0.15) is 0 Å². The van der Waals surface area contributed by atoms with Gasteiger partial charge in [-0.1, -0.05) is 26.8 Å². The summed E-state index contributed by atoms with van der Waals surface area (Å²) in [7, 11) is -1.13. The molecular formula is C19H25N5O5S2. The summed E-state index contributed by atoms with van der Waals surface area (Å²) in [6.45, 7) is 6.02. The van der Waals surface area contributed by atoms with Crippen LogP contribution in [0.1, 0.15) is 32.6 Å². The minimum atomic E-state index is -3.87. The zero-order valence-electron chi connectivity index (χ0n) is 17.8. The quantitative estimate of drug-likeness (QED) is 0.350. The number of rotatable bonds is 7. The molecule has 0 aliphatic heterocycles. The number of phenolic OH excluding ortho intramolecular Hbond substituents is 1. The topological polar surface area (TPSA) is 144 Å². The Hall–Kier alpha value is -2.67. The SMILES string of the molecule is CN(C)S(=O)(=O)c1cccc(Nc2n[s+]([O-])nc2N[C@@H](c2ccco2)C(C)(C)C)c1O. The molecule has 0 spiro atoms. The van der Waals surface area contributed by atoms with Gasteiger partial charge in [0.1, 0.15) is 10.7 Å². The largest absolute Gasteiger partial charge is 0.546 e. The molecule has 3 rings (SSSR count). The molecule has 0 aliphatic carbocycles. The zero-order valence-corrected chi connectivity index (χ0v) is 19.4. The smallest absolute Gasteiger partial charge is 0.246 e. The van der Waals surface area contributed by atoms with E-state index in [1.165, 1.54) is 32.3 Å². The molecule has 1 aromatic carbocycles. The van der Waals surface area contributed by atoms with Crippen LogP contribution in [0.25, 0.3) is 0 Å². The van der Waals surface area contributed by atoms with E-state index in [2.05, 4.69) is 19.4 Å². The van der Waals surface area contributed by atoms with E-state index in [4.69, 9.17) is 4.42 Å². The van der Waals surface area contributed by atoms with Crippen LogP contribution in [0.15, 0.2) is 45.9 Å². The maximum atomic E-state index is 12.5. The van der Waals surface area contributed by atoms with E-state index in [1.54, 1.807) is 12.3 Å². The van der Waals surface area contributed by atoms with Crippen molar-refractivity contribution in [2.45, 2.75) is 31.7 Å². The Morgan fingerprint density at radius 2 is 1.84 bits per heavy atom. The molecule has 0 radical (unpaired) electrons. The van der Waals surface area contributed by atoms with Crippen LogP contribution in [0.4, 0.5) is 17.3 Å². The average Bonchev–Trinajstić information content (AvgIpc) is 3.29. The summed E-state index contributed by atoms with van der Waals surface area (Å²) in [4.78, 5) is -0.267. The standard InChI is InChI=1S/C19H25N5O5S2/c1-19(2,3)16(13-9-7-11-29-13)21-18-17(22-30(26)23-18)20-12-8-6-10-14(15(12)25)31(27,28)24(4)5/h6-11,16,25H,1-5H3,(H,20,22)(H,21,23)/t16-,30?/m0/s1. The number of nitrogens with one attached hydrogen (secondary N) is 2. The first kappa shape index (κ1) is 23.0. The summed E-state index contributed by atoms with van der Waals surface area (Å²) < 4.78 is 51.5. The fourth-order valence-corrected chi connectivity index (χ4v) is 4.52. The summed E-state index contributed by atoms with van der Waals surface area (Å²) in [6, 6.07) is 7.53. The second kappa shape index (κ2) is 8.46. The zero-order chi connectivity index (χ0) is 23.0. The summed E-state index contributed by atoms with van der Waals surface area (Å²) >= 11 is -1.87. The molecule has 0 aliphatic rings. The van der Waals surface area contributed by atoms with Crippen molar-refractivity contribution >= 4 is 38.5 Å². The van der Waals surface area contributed by atoms with Crippen molar-refractivity contribution in [3.05, 3.63) is 42.4 Å². The molecule has 0 fully saturated rings. The van der Waals surface area contributed by atoms with Gasteiger partial charge in [-0.05, 0) is 29.7 Å². The first-order valence-electron chi connectivity index (χ1n) is 9.32. The first-order chi connectivity index (χ1) is 14.4. The molecule has 0 saturated carbocycles. The van der Waals surface area contributed by atoms with E-state index in [0.717, 1.165) is 4.31 Å². The van der Waals surface area contributed by atoms with Crippen molar-refractivity contribution in [1.29, 1.82) is 0 Å². The van der Waals surface area contributed by atoms with E-state index in [9.17, 15) is 18.1 Å². The fraction of sp³-hybridized carbons (Fsp3) is 0.368. The minimum absolute atomic E-state index is 0.0837. The summed E-state index contributed by atoms with van der Waals surface area (Å²) in [5.41, 5.74) is -0.211. The lowest BCUT2D eigenvalue weighted by Crippen LogP contribution is -2.25. The van der Waals surface area contributed by atoms with Crippen LogP contribution in [0, 0.1) is 5.41 Å². The van der Waals surface area contributed by atoms with E-state index in [0.29, 0.717) is 5.76 Å². The number of aromatic hydroxyl groups is 1. The number of hydrogen-bond acceptors (Lipinski definition) is 9. The van der Waals surface area contributed by atoms with Gasteiger partial charge in [0.25, 0.3) is 0 Å². The van der Waals surface area contributed by atoms with Crippen LogP contribution >= 0.6 is 11.1 Å². The highest BCUT2D eigenvalue weighted by Gasteiger charge is 2.32. The van der Waals surface area contributed by atoms with Crippen molar-refractivity contribution in [2.75, 3.05) is 24.7 Å². The number of benzene rings is 1. The highest BCUT2D eigenvalue weighted by atomic mass is 32.2. The van der Waals surface area contributed by atoms with Gasteiger partial charge in [-0.15, -0.1) is 0 Å². The molecule has 3 N–H and O–H groups in total. The van der Waals surface area contributed by atoms with E-state index in [1.807, 2.05) is 26.8 Å². The highest BCUT2D eigenvalue weighted by molar-refractivity contribution is 7.89. The summed E-state index contributed by atoms with van der Waals surface area (Å²) in [6.07, 6.45) is 1.56. The van der Waals surface area contributed by atoms with Crippen molar-refractivity contribution < 1.29 is 22.5 Å². The third-order valence-corrected chi connectivity index (χ3v) is 7.07. The Kier molecular flexibility index (Phi) is 6.28. The van der Waals surface area contributed by atoms with Crippen LogP contribution in [0.3, 0.4) is 0 Å². The van der Waals surface area contributed by atoms with Gasteiger partial charge in [0.15, 0.2) is 16.9 Å². The number of hydrogen-bond donors (Lipinski definition) is 3. The number of anilines is 3. The van der Waals surface area contributed by atoms with Gasteiger partial charge in [-0.3, -0.25) is 0 Å². The maximum Gasteiger partial charge on any atom is 0.246 e. The molecule has 0 bridgehead atoms. The highest BCUT2D eigenvalue weighted by Crippen LogP contribution is 2.40. The van der Waals surface area contributed by atoms with Crippen molar-refractivity contribution in [3.63, 3.8) is 0 Å². The van der Waals surface area contributed by atoms with Gasteiger partial charge < -0.3 is 24.7 Å². The number of aromatic nitrogens is 2. The second-order valence-corrected chi connectivity index (χ2v) is 11.1. The molecule has 1 unspecified atom stereocenters. The Morgan fingerprint density at radius 1 is 1.16 bits per heavy atom. The van der Waals surface area contributed by atoms with Crippen molar-refractivity contribution in [1.82, 2.24) is 13.1 Å². The number of sulfonamides is 1. The lowest BCUT2D eigenvalue weighted by atomic mass is 9.85. The molecule has 0 amide bonds. The lowest BCUT2D eigenvalue weighted by molar-refractivity contribution is 0.304. The van der Waals surface area contributed by atoms with E-state index < -0.39 is 26.9 Å². The molecule has 31 heavy (non-hydrogen) atoms. The maximum absolute atomic E-state index is 12.5. The number of phenols is 1. The molecule has 2 aromatic heterocycles. The monoisotopic (exact) mass is 467 g/mol. The van der Waals surface area contributed by atoms with Crippen molar-refractivity contribution in [2.24, 2.45) is 5.41 Å². The molecule has 10 nitrogen and oxygen atoms in total. The molecule has 2 heterocycles. The van der Waals surface area contributed by atoms with E-state index >= 15 is 0 Å². The Balaban J connectivity index is 1.97. The third-order valence-electron chi connectivity index (χ3n) is 4.55. The number of para-hydroxylation sites is 1. The van der Waals surface area contributed by atoms with Crippen LogP contribution < -0.4 is 10.6 Å². The molecule has 12 heteroatoms. The van der Waals surface area contributed by atoms with Crippen LogP contribution in [-0.2, 0) is 10.0 Å². The van der Waals surface area contributed by atoms with Gasteiger partial charge >= 0.3 is 0 Å².